The maximum Gasteiger partial charge on any atom is 0.138 e. The lowest BCUT2D eigenvalue weighted by Gasteiger charge is -2.39. The van der Waals surface area contributed by atoms with Gasteiger partial charge in [0.2, 0.25) is 0 Å². The number of likely N-dealkylation sites (tertiary alicyclic amines) is 1. The number of Topliss-reactive ketones (excluding diaryl/α,β-unsaturated/α-hetero) is 1. The molecule has 16 heavy (non-hydrogen) atoms. The molecule has 0 aromatic heterocycles. The molecule has 4 unspecified atom stereocenters. The Labute approximate surface area is 99.4 Å². The lowest BCUT2D eigenvalue weighted by molar-refractivity contribution is -0.128. The highest BCUT2D eigenvalue weighted by molar-refractivity contribution is 5.82. The molecule has 92 valence electrons. The van der Waals surface area contributed by atoms with Crippen molar-refractivity contribution in [3.8, 4) is 0 Å². The van der Waals surface area contributed by atoms with Gasteiger partial charge in [0.05, 0.1) is 0 Å². The Kier molecular flexibility index (Phi) is 3.68. The molecule has 1 heterocycles. The normalized spacial score (nSPS) is 41.6. The van der Waals surface area contributed by atoms with Crippen LogP contribution in [0.1, 0.15) is 46.5 Å². The molecular weight excluding hydrogens is 198 g/mol. The summed E-state index contributed by atoms with van der Waals surface area (Å²) in [7, 11) is 0. The van der Waals surface area contributed by atoms with Gasteiger partial charge in [-0.2, -0.15) is 0 Å². The van der Waals surface area contributed by atoms with Crippen LogP contribution in [0.3, 0.4) is 0 Å². The summed E-state index contributed by atoms with van der Waals surface area (Å²) < 4.78 is 0. The van der Waals surface area contributed by atoms with Gasteiger partial charge in [-0.1, -0.05) is 26.7 Å². The molecule has 1 aliphatic heterocycles. The van der Waals surface area contributed by atoms with Crippen LogP contribution in [0.5, 0.6) is 0 Å². The summed E-state index contributed by atoms with van der Waals surface area (Å²) in [6, 6.07) is 0.453. The number of ketones is 1. The third-order valence-electron chi connectivity index (χ3n) is 4.96. The predicted molar refractivity (Wildman–Crippen MR) is 66.3 cm³/mol. The molecule has 2 nitrogen and oxygen atoms in total. The molecule has 0 aromatic carbocycles. The first-order valence-corrected chi connectivity index (χ1v) is 6.86. The topological polar surface area (TPSA) is 20.3 Å². The van der Waals surface area contributed by atoms with E-state index in [1.807, 2.05) is 0 Å². The molecule has 0 radical (unpaired) electrons. The van der Waals surface area contributed by atoms with Crippen LogP contribution < -0.4 is 0 Å². The van der Waals surface area contributed by atoms with E-state index in [-0.39, 0.29) is 5.92 Å². The Hall–Kier alpha value is -0.370. The van der Waals surface area contributed by atoms with Crippen molar-refractivity contribution in [3.05, 3.63) is 0 Å². The van der Waals surface area contributed by atoms with Gasteiger partial charge in [0.1, 0.15) is 5.78 Å². The largest absolute Gasteiger partial charge is 0.299 e. The Morgan fingerprint density at radius 2 is 2.00 bits per heavy atom. The van der Waals surface area contributed by atoms with Crippen molar-refractivity contribution < 1.29 is 4.79 Å². The molecule has 1 aliphatic carbocycles. The lowest BCUT2D eigenvalue weighted by Crippen LogP contribution is -2.48. The lowest BCUT2D eigenvalue weighted by atomic mass is 9.88. The van der Waals surface area contributed by atoms with Crippen molar-refractivity contribution in [1.82, 2.24) is 4.90 Å². The number of rotatable bonds is 2. The van der Waals surface area contributed by atoms with Gasteiger partial charge >= 0.3 is 0 Å². The summed E-state index contributed by atoms with van der Waals surface area (Å²) in [6.45, 7) is 8.92. The van der Waals surface area contributed by atoms with Gasteiger partial charge in [0.15, 0.2) is 0 Å². The third kappa shape index (κ3) is 2.32. The van der Waals surface area contributed by atoms with E-state index >= 15 is 0 Å². The van der Waals surface area contributed by atoms with E-state index in [2.05, 4.69) is 25.7 Å². The highest BCUT2D eigenvalue weighted by Gasteiger charge is 2.33. The van der Waals surface area contributed by atoms with Gasteiger partial charge < -0.3 is 0 Å². The van der Waals surface area contributed by atoms with Crippen molar-refractivity contribution in [3.63, 3.8) is 0 Å². The van der Waals surface area contributed by atoms with Gasteiger partial charge in [0, 0.05) is 31.5 Å². The maximum atomic E-state index is 11.6. The predicted octanol–water partition coefficient (Wildman–Crippen LogP) is 2.72. The molecule has 1 saturated carbocycles. The Morgan fingerprint density at radius 1 is 1.25 bits per heavy atom. The zero-order chi connectivity index (χ0) is 11.7. The SMILES string of the molecule is CC1CCCC1CN1CCC(=O)C(C)C1C. The molecule has 2 fully saturated rings. The average molecular weight is 223 g/mol. The highest BCUT2D eigenvalue weighted by atomic mass is 16.1. The maximum absolute atomic E-state index is 11.6. The summed E-state index contributed by atoms with van der Waals surface area (Å²) in [6.07, 6.45) is 4.98. The van der Waals surface area contributed by atoms with Crippen LogP contribution in [0.25, 0.3) is 0 Å². The third-order valence-corrected chi connectivity index (χ3v) is 4.96. The quantitative estimate of drug-likeness (QED) is 0.717. The molecule has 0 spiro atoms. The van der Waals surface area contributed by atoms with Gasteiger partial charge in [-0.25, -0.2) is 0 Å². The van der Waals surface area contributed by atoms with E-state index in [9.17, 15) is 4.79 Å². The van der Waals surface area contributed by atoms with Crippen LogP contribution in [-0.2, 0) is 4.79 Å². The van der Waals surface area contributed by atoms with Crippen LogP contribution in [0, 0.1) is 17.8 Å². The second kappa shape index (κ2) is 4.87. The standard InChI is InChI=1S/C14H25NO/c1-10-5-4-6-13(10)9-15-8-7-14(16)11(2)12(15)3/h10-13H,4-9H2,1-3H3. The second-order valence-corrected chi connectivity index (χ2v) is 5.91. The van der Waals surface area contributed by atoms with E-state index in [1.54, 1.807) is 0 Å². The van der Waals surface area contributed by atoms with Crippen LogP contribution in [0.15, 0.2) is 0 Å². The Morgan fingerprint density at radius 3 is 2.62 bits per heavy atom. The van der Waals surface area contributed by atoms with E-state index in [1.165, 1.54) is 25.8 Å². The molecule has 0 N–H and O–H groups in total. The average Bonchev–Trinajstić information content (AvgIpc) is 2.65. The summed E-state index contributed by atoms with van der Waals surface area (Å²) in [5, 5.41) is 0. The molecule has 0 bridgehead atoms. The highest BCUT2D eigenvalue weighted by Crippen LogP contribution is 2.33. The van der Waals surface area contributed by atoms with Crippen LogP contribution >= 0.6 is 0 Å². The minimum atomic E-state index is 0.241. The number of hydrogen-bond donors (Lipinski definition) is 0. The zero-order valence-electron chi connectivity index (χ0n) is 10.9. The summed E-state index contributed by atoms with van der Waals surface area (Å²) in [5.74, 6) is 2.47. The summed E-state index contributed by atoms with van der Waals surface area (Å²) in [4.78, 5) is 14.2. The molecule has 0 aromatic rings. The smallest absolute Gasteiger partial charge is 0.138 e. The van der Waals surface area contributed by atoms with E-state index < -0.39 is 0 Å². The van der Waals surface area contributed by atoms with Crippen LogP contribution in [0.2, 0.25) is 0 Å². The molecule has 2 rings (SSSR count). The van der Waals surface area contributed by atoms with Crippen molar-refractivity contribution in [2.75, 3.05) is 13.1 Å². The van der Waals surface area contributed by atoms with Gasteiger partial charge in [0.25, 0.3) is 0 Å². The molecule has 4 atom stereocenters. The van der Waals surface area contributed by atoms with Crippen LogP contribution in [-0.4, -0.2) is 29.8 Å². The minimum absolute atomic E-state index is 0.241. The molecule has 1 saturated heterocycles. The number of carbonyl (C=O) groups is 1. The molecule has 2 heteroatoms. The van der Waals surface area contributed by atoms with E-state index in [0.29, 0.717) is 11.8 Å². The number of piperidine rings is 1. The first-order chi connectivity index (χ1) is 7.59. The first kappa shape index (κ1) is 12.1. The summed E-state index contributed by atoms with van der Waals surface area (Å²) in [5.41, 5.74) is 0. The summed E-state index contributed by atoms with van der Waals surface area (Å²) >= 11 is 0. The van der Waals surface area contributed by atoms with Crippen molar-refractivity contribution >= 4 is 5.78 Å². The van der Waals surface area contributed by atoms with E-state index in [0.717, 1.165) is 24.8 Å². The van der Waals surface area contributed by atoms with Crippen molar-refractivity contribution in [2.45, 2.75) is 52.5 Å². The number of carbonyl (C=O) groups excluding carboxylic acids is 1. The monoisotopic (exact) mass is 223 g/mol. The fourth-order valence-electron chi connectivity index (χ4n) is 3.32. The van der Waals surface area contributed by atoms with Crippen LogP contribution in [0.4, 0.5) is 0 Å². The molecule has 0 amide bonds. The first-order valence-electron chi connectivity index (χ1n) is 6.86. The van der Waals surface area contributed by atoms with Crippen molar-refractivity contribution in [2.24, 2.45) is 17.8 Å². The number of nitrogens with zero attached hydrogens (tertiary/aromatic N) is 1. The number of hydrogen-bond acceptors (Lipinski definition) is 2. The zero-order valence-corrected chi connectivity index (χ0v) is 10.9. The Bertz CT molecular complexity index is 263. The van der Waals surface area contributed by atoms with Gasteiger partial charge in [-0.05, 0) is 25.2 Å². The molecular formula is C14H25NO. The second-order valence-electron chi connectivity index (χ2n) is 5.91. The van der Waals surface area contributed by atoms with Gasteiger partial charge in [-0.15, -0.1) is 0 Å². The van der Waals surface area contributed by atoms with E-state index in [4.69, 9.17) is 0 Å². The van der Waals surface area contributed by atoms with Crippen molar-refractivity contribution in [1.29, 1.82) is 0 Å². The minimum Gasteiger partial charge on any atom is -0.299 e. The Balaban J connectivity index is 1.92. The molecule has 2 aliphatic rings. The van der Waals surface area contributed by atoms with Gasteiger partial charge in [-0.3, -0.25) is 9.69 Å². The fourth-order valence-corrected chi connectivity index (χ4v) is 3.32. The fraction of sp³-hybridized carbons (Fsp3) is 0.929.